The van der Waals surface area contributed by atoms with Crippen molar-refractivity contribution in [2.75, 3.05) is 13.1 Å². The fraction of sp³-hybridized carbons (Fsp3) is 0.500. The van der Waals surface area contributed by atoms with Gasteiger partial charge in [-0.2, -0.15) is 0 Å². The van der Waals surface area contributed by atoms with Gasteiger partial charge in [0.15, 0.2) is 0 Å². The number of benzene rings is 1. The number of rotatable bonds is 4. The molecule has 0 saturated carbocycles. The Labute approximate surface area is 144 Å². The van der Waals surface area contributed by atoms with Gasteiger partial charge in [-0.25, -0.2) is 0 Å². The first-order valence-electron chi connectivity index (χ1n) is 8.90. The van der Waals surface area contributed by atoms with Gasteiger partial charge >= 0.3 is 0 Å². The maximum atomic E-state index is 12.2. The van der Waals surface area contributed by atoms with E-state index in [1.165, 1.54) is 10.9 Å². The summed E-state index contributed by atoms with van der Waals surface area (Å²) in [6.45, 7) is 8.77. The first-order valence-corrected chi connectivity index (χ1v) is 8.90. The zero-order valence-corrected chi connectivity index (χ0v) is 14.8. The van der Waals surface area contributed by atoms with Crippen molar-refractivity contribution in [3.05, 3.63) is 42.1 Å². The van der Waals surface area contributed by atoms with Crippen LogP contribution in [-0.2, 0) is 11.3 Å². The number of nitrogens with zero attached hydrogens (tertiary/aromatic N) is 2. The molecule has 4 heteroatoms. The van der Waals surface area contributed by atoms with E-state index in [4.69, 9.17) is 0 Å². The topological polar surface area (TPSA) is 45.2 Å². The van der Waals surface area contributed by atoms with E-state index in [1.807, 2.05) is 31.0 Å². The smallest absolute Gasteiger partial charge is 0.225 e. The molecule has 0 unspecified atom stereocenters. The second-order valence-corrected chi connectivity index (χ2v) is 7.22. The number of piperidine rings is 1. The Kier molecular flexibility index (Phi) is 5.14. The van der Waals surface area contributed by atoms with Crippen LogP contribution in [0.25, 0.3) is 10.9 Å². The molecule has 0 aliphatic carbocycles. The van der Waals surface area contributed by atoms with E-state index < -0.39 is 0 Å². The molecule has 1 aromatic carbocycles. The van der Waals surface area contributed by atoms with E-state index in [-0.39, 0.29) is 11.8 Å². The van der Waals surface area contributed by atoms with Crippen molar-refractivity contribution in [1.29, 1.82) is 0 Å². The molecular weight excluding hydrogens is 298 g/mol. The molecule has 1 aliphatic heterocycles. The summed E-state index contributed by atoms with van der Waals surface area (Å²) in [7, 11) is 0. The van der Waals surface area contributed by atoms with Gasteiger partial charge in [0.25, 0.3) is 0 Å². The molecule has 1 aliphatic rings. The molecular formula is C20H27N3O. The molecule has 1 N–H and O–H groups in total. The molecule has 0 bridgehead atoms. The number of carbonyl (C=O) groups is 1. The predicted octanol–water partition coefficient (Wildman–Crippen LogP) is 3.22. The summed E-state index contributed by atoms with van der Waals surface area (Å²) in [5, 5.41) is 4.87. The number of pyridine rings is 1. The number of fused-ring (bicyclic) bond motifs is 1. The zero-order chi connectivity index (χ0) is 17.1. The van der Waals surface area contributed by atoms with Crippen LogP contribution in [0.15, 0.2) is 36.5 Å². The lowest BCUT2D eigenvalue weighted by Gasteiger charge is -2.38. The number of hydrogen-bond donors (Lipinski definition) is 1. The number of likely N-dealkylation sites (tertiary alicyclic amines) is 1. The molecule has 1 aromatic heterocycles. The molecule has 2 heterocycles. The van der Waals surface area contributed by atoms with Crippen LogP contribution < -0.4 is 5.32 Å². The van der Waals surface area contributed by atoms with Gasteiger partial charge in [0.1, 0.15) is 0 Å². The lowest BCUT2D eigenvalue weighted by molar-refractivity contribution is -0.136. The quantitative estimate of drug-likeness (QED) is 0.939. The minimum atomic E-state index is 0.0907. The van der Waals surface area contributed by atoms with Crippen LogP contribution in [0, 0.1) is 11.8 Å². The summed E-state index contributed by atoms with van der Waals surface area (Å²) < 4.78 is 0. The molecule has 128 valence electrons. The monoisotopic (exact) mass is 325 g/mol. The zero-order valence-electron chi connectivity index (χ0n) is 14.8. The number of aromatic nitrogens is 1. The fourth-order valence-electron chi connectivity index (χ4n) is 3.50. The van der Waals surface area contributed by atoms with Gasteiger partial charge in [0, 0.05) is 43.2 Å². The summed E-state index contributed by atoms with van der Waals surface area (Å²) in [5.74, 6) is 0.846. The Morgan fingerprint density at radius 2 is 2.21 bits per heavy atom. The second-order valence-electron chi connectivity index (χ2n) is 7.22. The number of nitrogens with one attached hydrogen (secondary N) is 1. The van der Waals surface area contributed by atoms with E-state index >= 15 is 0 Å². The maximum Gasteiger partial charge on any atom is 0.225 e. The Bertz CT molecular complexity index is 713. The molecule has 3 rings (SSSR count). The van der Waals surface area contributed by atoms with Crippen molar-refractivity contribution in [2.24, 2.45) is 11.8 Å². The Hall–Kier alpha value is -1.94. The van der Waals surface area contributed by atoms with Gasteiger partial charge in [-0.1, -0.05) is 32.9 Å². The maximum absolute atomic E-state index is 12.2. The Balaban J connectivity index is 1.57. The molecule has 1 amide bonds. The van der Waals surface area contributed by atoms with Gasteiger partial charge in [-0.05, 0) is 36.1 Å². The van der Waals surface area contributed by atoms with Gasteiger partial charge in [-0.15, -0.1) is 0 Å². The third kappa shape index (κ3) is 3.75. The summed E-state index contributed by atoms with van der Waals surface area (Å²) in [4.78, 5) is 18.5. The molecule has 0 spiro atoms. The Morgan fingerprint density at radius 3 is 2.96 bits per heavy atom. The predicted molar refractivity (Wildman–Crippen MR) is 97.6 cm³/mol. The summed E-state index contributed by atoms with van der Waals surface area (Å²) >= 11 is 0. The van der Waals surface area contributed by atoms with Crippen LogP contribution in [0.2, 0.25) is 0 Å². The second kappa shape index (κ2) is 7.31. The normalized spacial score (nSPS) is 21.4. The Morgan fingerprint density at radius 1 is 1.38 bits per heavy atom. The lowest BCUT2D eigenvalue weighted by atomic mass is 9.92. The molecule has 4 nitrogen and oxygen atoms in total. The third-order valence-electron chi connectivity index (χ3n) is 4.95. The van der Waals surface area contributed by atoms with Crippen LogP contribution in [0.3, 0.4) is 0 Å². The highest BCUT2D eigenvalue weighted by Gasteiger charge is 2.29. The van der Waals surface area contributed by atoms with Crippen LogP contribution in [0.1, 0.15) is 32.8 Å². The average Bonchev–Trinajstić information content (AvgIpc) is 2.59. The molecule has 1 fully saturated rings. The molecule has 0 radical (unpaired) electrons. The van der Waals surface area contributed by atoms with E-state index in [9.17, 15) is 4.79 Å². The fourth-order valence-corrected chi connectivity index (χ4v) is 3.50. The van der Waals surface area contributed by atoms with Crippen LogP contribution in [-0.4, -0.2) is 34.9 Å². The summed E-state index contributed by atoms with van der Waals surface area (Å²) in [6.07, 6.45) is 2.85. The molecule has 24 heavy (non-hydrogen) atoms. The minimum absolute atomic E-state index is 0.0907. The van der Waals surface area contributed by atoms with Crippen LogP contribution in [0.4, 0.5) is 0 Å². The third-order valence-corrected chi connectivity index (χ3v) is 4.95. The highest BCUT2D eigenvalue weighted by Crippen LogP contribution is 2.20. The number of amides is 1. The van der Waals surface area contributed by atoms with Gasteiger partial charge in [0.2, 0.25) is 5.91 Å². The first-order chi connectivity index (χ1) is 11.5. The highest BCUT2D eigenvalue weighted by atomic mass is 16.2. The van der Waals surface area contributed by atoms with Crippen LogP contribution >= 0.6 is 0 Å². The van der Waals surface area contributed by atoms with Gasteiger partial charge in [-0.3, -0.25) is 9.78 Å². The summed E-state index contributed by atoms with van der Waals surface area (Å²) in [6, 6.07) is 11.0. The van der Waals surface area contributed by atoms with E-state index in [2.05, 4.69) is 41.5 Å². The minimum Gasteiger partial charge on any atom is -0.342 e. The van der Waals surface area contributed by atoms with Crippen molar-refractivity contribution in [3.63, 3.8) is 0 Å². The SMILES string of the molecule is CC(C)C(=O)N1CC[C@@H](NCc2ccc3ncccc3c2)[C@H](C)C1. The van der Waals surface area contributed by atoms with Crippen LogP contribution in [0.5, 0.6) is 0 Å². The largest absolute Gasteiger partial charge is 0.342 e. The van der Waals surface area contributed by atoms with Crippen molar-refractivity contribution >= 4 is 16.8 Å². The highest BCUT2D eigenvalue weighted by molar-refractivity contribution is 5.79. The summed E-state index contributed by atoms with van der Waals surface area (Å²) in [5.41, 5.74) is 2.32. The van der Waals surface area contributed by atoms with E-state index in [1.54, 1.807) is 0 Å². The number of carbonyl (C=O) groups excluding carboxylic acids is 1. The molecule has 2 atom stereocenters. The van der Waals surface area contributed by atoms with Crippen molar-refractivity contribution in [2.45, 2.75) is 39.8 Å². The molecule has 2 aromatic rings. The average molecular weight is 325 g/mol. The van der Waals surface area contributed by atoms with Crippen molar-refractivity contribution in [3.8, 4) is 0 Å². The molecule has 1 saturated heterocycles. The van der Waals surface area contributed by atoms with Crippen molar-refractivity contribution < 1.29 is 4.79 Å². The van der Waals surface area contributed by atoms with E-state index in [0.717, 1.165) is 31.6 Å². The van der Waals surface area contributed by atoms with Crippen molar-refractivity contribution in [1.82, 2.24) is 15.2 Å². The first kappa shape index (κ1) is 16.9. The standard InChI is InChI=1S/C20H27N3O/c1-14(2)20(24)23-10-8-18(15(3)13-23)22-12-16-6-7-19-17(11-16)5-4-9-21-19/h4-7,9,11,14-15,18,22H,8,10,12-13H2,1-3H3/t15-,18-/m1/s1. The number of hydrogen-bond acceptors (Lipinski definition) is 3. The van der Waals surface area contributed by atoms with Gasteiger partial charge < -0.3 is 10.2 Å². The lowest BCUT2D eigenvalue weighted by Crippen LogP contribution is -2.50. The van der Waals surface area contributed by atoms with Gasteiger partial charge in [0.05, 0.1) is 5.52 Å². The van der Waals surface area contributed by atoms with E-state index in [0.29, 0.717) is 12.0 Å².